The van der Waals surface area contributed by atoms with E-state index in [9.17, 15) is 13.2 Å². The Labute approximate surface area is 158 Å². The molecule has 0 spiro atoms. The van der Waals surface area contributed by atoms with Crippen LogP contribution in [0.5, 0.6) is 0 Å². The molecule has 3 rings (SSSR count). The summed E-state index contributed by atoms with van der Waals surface area (Å²) in [6, 6.07) is 4.73. The molecule has 1 aliphatic rings. The molecule has 2 aromatic rings. The fourth-order valence-electron chi connectivity index (χ4n) is 2.89. The molecule has 1 aliphatic heterocycles. The lowest BCUT2D eigenvalue weighted by atomic mass is 10.1. The molecule has 0 atom stereocenters. The molecule has 0 saturated carbocycles. The first-order valence-electron chi connectivity index (χ1n) is 8.51. The van der Waals surface area contributed by atoms with E-state index < -0.39 is 10.0 Å². The van der Waals surface area contributed by atoms with Crippen molar-refractivity contribution in [2.75, 3.05) is 23.1 Å². The molecule has 0 aliphatic carbocycles. The van der Waals surface area contributed by atoms with Crippen molar-refractivity contribution < 1.29 is 13.2 Å². The van der Waals surface area contributed by atoms with Gasteiger partial charge in [-0.2, -0.15) is 0 Å². The standard InChI is InChI=1S/C17H21ClN4O3S/c18-15-5-4-14(12-16(15)22-9-1-2-11-26(22,24)25)17(23)20-6-3-8-21-10-7-19-13-21/h4-5,7,10,12-13H,1-3,6,8-9,11H2,(H,20,23). The van der Waals surface area contributed by atoms with Crippen molar-refractivity contribution >= 4 is 33.2 Å². The van der Waals surface area contributed by atoms with Crippen LogP contribution in [0.25, 0.3) is 0 Å². The summed E-state index contributed by atoms with van der Waals surface area (Å²) < 4.78 is 27.8. The number of halogens is 1. The number of carbonyl (C=O) groups is 1. The number of nitrogens with zero attached hydrogens (tertiary/aromatic N) is 3. The first kappa shape index (κ1) is 18.7. The second-order valence-corrected chi connectivity index (χ2v) is 8.59. The maximum absolute atomic E-state index is 12.4. The first-order valence-corrected chi connectivity index (χ1v) is 10.5. The number of carbonyl (C=O) groups excluding carboxylic acids is 1. The number of hydrogen-bond acceptors (Lipinski definition) is 4. The lowest BCUT2D eigenvalue weighted by molar-refractivity contribution is 0.0952. The summed E-state index contributed by atoms with van der Waals surface area (Å²) in [5.41, 5.74) is 0.769. The zero-order chi connectivity index (χ0) is 18.6. The van der Waals surface area contributed by atoms with Crippen molar-refractivity contribution in [2.24, 2.45) is 0 Å². The number of rotatable bonds is 6. The molecule has 1 aromatic heterocycles. The number of anilines is 1. The van der Waals surface area contributed by atoms with E-state index in [0.717, 1.165) is 19.4 Å². The molecule has 2 heterocycles. The molecule has 0 bridgehead atoms. The summed E-state index contributed by atoms with van der Waals surface area (Å²) in [7, 11) is -3.38. The molecule has 9 heteroatoms. The number of imidazole rings is 1. The average molecular weight is 397 g/mol. The molecule has 1 amide bonds. The third kappa shape index (κ3) is 4.37. The van der Waals surface area contributed by atoms with Gasteiger partial charge < -0.3 is 9.88 Å². The van der Waals surface area contributed by atoms with E-state index in [2.05, 4.69) is 10.3 Å². The van der Waals surface area contributed by atoms with Crippen LogP contribution in [0.3, 0.4) is 0 Å². The summed E-state index contributed by atoms with van der Waals surface area (Å²) in [6.07, 6.45) is 7.50. The van der Waals surface area contributed by atoms with Crippen molar-refractivity contribution in [3.8, 4) is 0 Å². The third-order valence-electron chi connectivity index (χ3n) is 4.26. The number of aromatic nitrogens is 2. The highest BCUT2D eigenvalue weighted by Crippen LogP contribution is 2.31. The van der Waals surface area contributed by atoms with E-state index in [1.807, 2.05) is 10.8 Å². The quantitative estimate of drug-likeness (QED) is 0.759. The van der Waals surface area contributed by atoms with Crippen LogP contribution >= 0.6 is 11.6 Å². The molecule has 1 aromatic carbocycles. The molecule has 26 heavy (non-hydrogen) atoms. The molecule has 140 valence electrons. The van der Waals surface area contributed by atoms with E-state index in [1.54, 1.807) is 30.7 Å². The molecular formula is C17H21ClN4O3S. The summed E-state index contributed by atoms with van der Waals surface area (Å²) in [5.74, 6) is -0.142. The van der Waals surface area contributed by atoms with Gasteiger partial charge in [0.1, 0.15) is 0 Å². The Bertz CT molecular complexity index is 868. The lowest BCUT2D eigenvalue weighted by Gasteiger charge is -2.29. The van der Waals surface area contributed by atoms with Crippen molar-refractivity contribution in [1.82, 2.24) is 14.9 Å². The lowest BCUT2D eigenvalue weighted by Crippen LogP contribution is -2.38. The number of hydrogen-bond donors (Lipinski definition) is 1. The van der Waals surface area contributed by atoms with E-state index in [-0.39, 0.29) is 11.7 Å². The van der Waals surface area contributed by atoms with Crippen LogP contribution in [0.1, 0.15) is 29.6 Å². The molecule has 0 unspecified atom stereocenters. The Kier molecular flexibility index (Phi) is 5.83. The van der Waals surface area contributed by atoms with Gasteiger partial charge in [-0.25, -0.2) is 13.4 Å². The predicted molar refractivity (Wildman–Crippen MR) is 101 cm³/mol. The van der Waals surface area contributed by atoms with Gasteiger partial charge in [-0.3, -0.25) is 9.10 Å². The zero-order valence-corrected chi connectivity index (χ0v) is 15.8. The molecule has 1 saturated heterocycles. The highest BCUT2D eigenvalue weighted by atomic mass is 35.5. The smallest absolute Gasteiger partial charge is 0.251 e. The largest absolute Gasteiger partial charge is 0.352 e. The van der Waals surface area contributed by atoms with E-state index >= 15 is 0 Å². The van der Waals surface area contributed by atoms with E-state index in [4.69, 9.17) is 11.6 Å². The Morgan fingerprint density at radius 3 is 2.88 bits per heavy atom. The highest BCUT2D eigenvalue weighted by molar-refractivity contribution is 7.92. The van der Waals surface area contributed by atoms with Crippen LogP contribution in [-0.2, 0) is 16.6 Å². The Morgan fingerprint density at radius 1 is 1.31 bits per heavy atom. The Balaban J connectivity index is 1.65. The van der Waals surface area contributed by atoms with Gasteiger partial charge >= 0.3 is 0 Å². The average Bonchev–Trinajstić information content (AvgIpc) is 3.12. The Morgan fingerprint density at radius 2 is 2.15 bits per heavy atom. The molecular weight excluding hydrogens is 376 g/mol. The fraction of sp³-hybridized carbons (Fsp3) is 0.412. The van der Waals surface area contributed by atoms with Gasteiger partial charge in [0.05, 0.1) is 22.8 Å². The van der Waals surface area contributed by atoms with Gasteiger partial charge in [-0.05, 0) is 37.5 Å². The summed E-state index contributed by atoms with van der Waals surface area (Å²) in [4.78, 5) is 16.3. The van der Waals surface area contributed by atoms with Gasteiger partial charge in [0.25, 0.3) is 5.91 Å². The zero-order valence-electron chi connectivity index (χ0n) is 14.3. The van der Waals surface area contributed by atoms with Crippen molar-refractivity contribution in [1.29, 1.82) is 0 Å². The van der Waals surface area contributed by atoms with Gasteiger partial charge in [-0.15, -0.1) is 0 Å². The second-order valence-electron chi connectivity index (χ2n) is 6.17. The second kappa shape index (κ2) is 8.09. The minimum absolute atomic E-state index is 0.105. The van der Waals surface area contributed by atoms with E-state index in [0.29, 0.717) is 35.8 Å². The monoisotopic (exact) mass is 396 g/mol. The molecule has 1 N–H and O–H groups in total. The summed E-state index contributed by atoms with van der Waals surface area (Å²) in [5, 5.41) is 3.17. The van der Waals surface area contributed by atoms with Gasteiger partial charge in [0.15, 0.2) is 0 Å². The van der Waals surface area contributed by atoms with Crippen LogP contribution < -0.4 is 9.62 Å². The maximum Gasteiger partial charge on any atom is 0.251 e. The van der Waals surface area contributed by atoms with Crippen LogP contribution in [0, 0.1) is 0 Å². The van der Waals surface area contributed by atoms with Crippen LogP contribution in [0.15, 0.2) is 36.9 Å². The SMILES string of the molecule is O=C(NCCCn1ccnc1)c1ccc(Cl)c(N2CCCCS2(=O)=O)c1. The topological polar surface area (TPSA) is 84.3 Å². The van der Waals surface area contributed by atoms with Crippen LogP contribution in [0.2, 0.25) is 5.02 Å². The molecule has 0 radical (unpaired) electrons. The maximum atomic E-state index is 12.4. The van der Waals surface area contributed by atoms with Crippen molar-refractivity contribution in [3.63, 3.8) is 0 Å². The predicted octanol–water partition coefficient (Wildman–Crippen LogP) is 2.29. The van der Waals surface area contributed by atoms with Gasteiger partial charge in [0.2, 0.25) is 10.0 Å². The van der Waals surface area contributed by atoms with Crippen molar-refractivity contribution in [2.45, 2.75) is 25.8 Å². The van der Waals surface area contributed by atoms with Crippen molar-refractivity contribution in [3.05, 3.63) is 47.5 Å². The normalized spacial score (nSPS) is 16.4. The highest BCUT2D eigenvalue weighted by Gasteiger charge is 2.28. The molecule has 1 fully saturated rings. The first-order chi connectivity index (χ1) is 12.5. The minimum atomic E-state index is -3.38. The number of sulfonamides is 1. The van der Waals surface area contributed by atoms with E-state index in [1.165, 1.54) is 4.31 Å². The number of benzene rings is 1. The number of aryl methyl sites for hydroxylation is 1. The van der Waals surface area contributed by atoms with Crippen LogP contribution in [-0.4, -0.2) is 42.7 Å². The fourth-order valence-corrected chi connectivity index (χ4v) is 4.81. The van der Waals surface area contributed by atoms with Gasteiger partial charge in [-0.1, -0.05) is 11.6 Å². The van der Waals surface area contributed by atoms with Gasteiger partial charge in [0, 0.05) is 37.6 Å². The summed E-state index contributed by atoms with van der Waals surface area (Å²) >= 11 is 6.20. The number of amides is 1. The number of nitrogens with one attached hydrogen (secondary N) is 1. The molecule has 7 nitrogen and oxygen atoms in total. The van der Waals surface area contributed by atoms with Crippen LogP contribution in [0.4, 0.5) is 5.69 Å². The minimum Gasteiger partial charge on any atom is -0.352 e. The summed E-state index contributed by atoms with van der Waals surface area (Å²) in [6.45, 7) is 1.66. The third-order valence-corrected chi connectivity index (χ3v) is 6.44. The Hall–Kier alpha value is -2.06.